The number of methoxy groups -OCH3 is 1. The Labute approximate surface area is 154 Å². The first-order valence-electron chi connectivity index (χ1n) is 9.59. The van der Waals surface area contributed by atoms with Gasteiger partial charge in [0.25, 0.3) is 0 Å². The molecule has 0 spiro atoms. The molecule has 0 N–H and O–H groups in total. The van der Waals surface area contributed by atoms with Crippen molar-refractivity contribution < 1.29 is 13.9 Å². The molecule has 5 heteroatoms. The summed E-state index contributed by atoms with van der Waals surface area (Å²) in [5.74, 6) is 3.28. The van der Waals surface area contributed by atoms with E-state index in [-0.39, 0.29) is 11.8 Å². The predicted molar refractivity (Wildman–Crippen MR) is 98.2 cm³/mol. The van der Waals surface area contributed by atoms with Gasteiger partial charge in [0.1, 0.15) is 11.5 Å². The zero-order valence-electron chi connectivity index (χ0n) is 15.3. The first-order valence-corrected chi connectivity index (χ1v) is 9.59. The van der Waals surface area contributed by atoms with Crippen molar-refractivity contribution in [2.45, 2.75) is 44.4 Å². The van der Waals surface area contributed by atoms with Gasteiger partial charge in [0, 0.05) is 25.4 Å². The highest BCUT2D eigenvalue weighted by Gasteiger charge is 2.34. The Hall–Kier alpha value is -2.30. The van der Waals surface area contributed by atoms with Gasteiger partial charge in [-0.25, -0.2) is 4.98 Å². The van der Waals surface area contributed by atoms with Gasteiger partial charge in [-0.2, -0.15) is 0 Å². The molecule has 1 amide bonds. The Morgan fingerprint density at radius 2 is 2.15 bits per heavy atom. The van der Waals surface area contributed by atoms with Crippen LogP contribution in [0.4, 0.5) is 0 Å². The van der Waals surface area contributed by atoms with Crippen LogP contribution >= 0.6 is 0 Å². The number of aromatic nitrogens is 1. The summed E-state index contributed by atoms with van der Waals surface area (Å²) >= 11 is 0. The molecule has 2 heterocycles. The van der Waals surface area contributed by atoms with Gasteiger partial charge >= 0.3 is 0 Å². The number of nitrogens with zero attached hydrogens (tertiary/aromatic N) is 2. The van der Waals surface area contributed by atoms with E-state index in [1.807, 2.05) is 29.3 Å². The Morgan fingerprint density at radius 3 is 2.96 bits per heavy atom. The second-order valence-electron chi connectivity index (χ2n) is 7.44. The Morgan fingerprint density at radius 1 is 1.31 bits per heavy atom. The number of oxazole rings is 1. The molecule has 0 bridgehead atoms. The molecule has 2 aliphatic rings. The number of likely N-dealkylation sites (tertiary alicyclic amines) is 1. The van der Waals surface area contributed by atoms with Crippen LogP contribution in [0.3, 0.4) is 0 Å². The predicted octanol–water partition coefficient (Wildman–Crippen LogP) is 3.78. The second kappa shape index (κ2) is 7.52. The normalized spacial score (nSPS) is 20.7. The second-order valence-corrected chi connectivity index (χ2v) is 7.44. The zero-order chi connectivity index (χ0) is 17.9. The highest BCUT2D eigenvalue weighted by Crippen LogP contribution is 2.32. The lowest BCUT2D eigenvalue weighted by molar-refractivity contribution is -0.134. The van der Waals surface area contributed by atoms with Crippen molar-refractivity contribution in [1.29, 1.82) is 0 Å². The van der Waals surface area contributed by atoms with Gasteiger partial charge in [-0.15, -0.1) is 0 Å². The van der Waals surface area contributed by atoms with Crippen molar-refractivity contribution in [2.24, 2.45) is 5.92 Å². The fraction of sp³-hybridized carbons (Fsp3) is 0.524. The largest absolute Gasteiger partial charge is 0.497 e. The molecule has 138 valence electrons. The van der Waals surface area contributed by atoms with Crippen LogP contribution in [-0.4, -0.2) is 36.0 Å². The van der Waals surface area contributed by atoms with Crippen molar-refractivity contribution >= 4 is 5.91 Å². The maximum atomic E-state index is 12.6. The highest BCUT2D eigenvalue weighted by molar-refractivity contribution is 5.79. The van der Waals surface area contributed by atoms with E-state index in [0.717, 1.165) is 55.3 Å². The average Bonchev–Trinajstić information content (AvgIpc) is 3.41. The summed E-state index contributed by atoms with van der Waals surface area (Å²) in [6.45, 7) is 1.57. The van der Waals surface area contributed by atoms with Crippen LogP contribution in [0.25, 0.3) is 0 Å². The molecule has 1 saturated carbocycles. The molecule has 1 aliphatic heterocycles. The highest BCUT2D eigenvalue weighted by atomic mass is 16.5. The lowest BCUT2D eigenvalue weighted by Gasteiger charge is -2.20. The fourth-order valence-electron chi connectivity index (χ4n) is 4.17. The number of benzene rings is 1. The quantitative estimate of drug-likeness (QED) is 0.820. The van der Waals surface area contributed by atoms with Gasteiger partial charge in [0.15, 0.2) is 5.89 Å². The average molecular weight is 354 g/mol. The van der Waals surface area contributed by atoms with Crippen LogP contribution in [0.5, 0.6) is 5.75 Å². The fourth-order valence-corrected chi connectivity index (χ4v) is 4.17. The van der Waals surface area contributed by atoms with Gasteiger partial charge in [-0.05, 0) is 37.0 Å². The van der Waals surface area contributed by atoms with Crippen LogP contribution in [0.15, 0.2) is 34.9 Å². The van der Waals surface area contributed by atoms with Crippen molar-refractivity contribution in [3.8, 4) is 5.75 Å². The number of rotatable bonds is 5. The lowest BCUT2D eigenvalue weighted by atomic mass is 10.1. The number of hydrogen-bond donors (Lipinski definition) is 0. The van der Waals surface area contributed by atoms with E-state index in [0.29, 0.717) is 12.3 Å². The third-order valence-electron chi connectivity index (χ3n) is 5.64. The van der Waals surface area contributed by atoms with Gasteiger partial charge in [-0.1, -0.05) is 25.0 Å². The van der Waals surface area contributed by atoms with Crippen LogP contribution < -0.4 is 4.74 Å². The molecule has 2 fully saturated rings. The van der Waals surface area contributed by atoms with E-state index < -0.39 is 0 Å². The molecular formula is C21H26N2O3. The first-order chi connectivity index (χ1) is 12.7. The summed E-state index contributed by atoms with van der Waals surface area (Å²) in [6, 6.07) is 7.99. The summed E-state index contributed by atoms with van der Waals surface area (Å²) in [4.78, 5) is 19.1. The molecule has 2 aromatic rings. The van der Waals surface area contributed by atoms with E-state index in [4.69, 9.17) is 9.15 Å². The summed E-state index contributed by atoms with van der Waals surface area (Å²) in [7, 11) is 1.67. The van der Waals surface area contributed by atoms with Crippen molar-refractivity contribution in [2.75, 3.05) is 20.2 Å². The van der Waals surface area contributed by atoms with Crippen molar-refractivity contribution in [1.82, 2.24) is 9.88 Å². The number of carbonyl (C=O) groups is 1. The zero-order valence-corrected chi connectivity index (χ0v) is 15.3. The monoisotopic (exact) mass is 354 g/mol. The van der Waals surface area contributed by atoms with Crippen molar-refractivity contribution in [3.63, 3.8) is 0 Å². The molecule has 1 unspecified atom stereocenters. The van der Waals surface area contributed by atoms with E-state index in [1.165, 1.54) is 12.8 Å². The summed E-state index contributed by atoms with van der Waals surface area (Å²) in [5, 5.41) is 0. The smallest absolute Gasteiger partial charge is 0.225 e. The molecule has 1 atom stereocenters. The molecule has 1 saturated heterocycles. The van der Waals surface area contributed by atoms with E-state index >= 15 is 0 Å². The molecular weight excluding hydrogens is 328 g/mol. The lowest BCUT2D eigenvalue weighted by Crippen LogP contribution is -2.33. The molecule has 4 rings (SSSR count). The number of ether oxygens (including phenoxy) is 1. The van der Waals surface area contributed by atoms with Gasteiger partial charge in [0.2, 0.25) is 5.91 Å². The number of amides is 1. The molecule has 1 aromatic carbocycles. The molecule has 0 radical (unpaired) electrons. The third-order valence-corrected chi connectivity index (χ3v) is 5.64. The van der Waals surface area contributed by atoms with Crippen LogP contribution in [0, 0.1) is 5.92 Å². The van der Waals surface area contributed by atoms with Gasteiger partial charge < -0.3 is 14.1 Å². The number of hydrogen-bond acceptors (Lipinski definition) is 4. The summed E-state index contributed by atoms with van der Waals surface area (Å²) < 4.78 is 11.3. The van der Waals surface area contributed by atoms with Gasteiger partial charge in [0.05, 0.1) is 19.2 Å². The maximum Gasteiger partial charge on any atom is 0.225 e. The van der Waals surface area contributed by atoms with Crippen molar-refractivity contribution in [3.05, 3.63) is 47.7 Å². The third kappa shape index (κ3) is 3.62. The molecule has 1 aromatic heterocycles. The Bertz CT molecular complexity index is 764. The van der Waals surface area contributed by atoms with Crippen LogP contribution in [-0.2, 0) is 11.2 Å². The molecule has 26 heavy (non-hydrogen) atoms. The minimum Gasteiger partial charge on any atom is -0.497 e. The maximum absolute atomic E-state index is 12.6. The topological polar surface area (TPSA) is 55.6 Å². The number of carbonyl (C=O) groups excluding carboxylic acids is 1. The minimum absolute atomic E-state index is 0.222. The molecule has 1 aliphatic carbocycles. The summed E-state index contributed by atoms with van der Waals surface area (Å²) in [6.07, 6.45) is 7.96. The SMILES string of the molecule is COc1cccc(Cc2cnc(C3CCN(C(=O)C4CCCC4)C3)o2)c1. The molecule has 5 nitrogen and oxygen atoms in total. The minimum atomic E-state index is 0.222. The standard InChI is InChI=1S/C21H26N2O3/c1-25-18-8-4-5-15(11-18)12-19-13-22-20(26-19)17-9-10-23(14-17)21(24)16-6-2-3-7-16/h4-5,8,11,13,16-17H,2-3,6-7,9-10,12,14H2,1H3. The van der Waals surface area contributed by atoms with Gasteiger partial charge in [-0.3, -0.25) is 4.79 Å². The van der Waals surface area contributed by atoms with Crippen LogP contribution in [0.2, 0.25) is 0 Å². The van der Waals surface area contributed by atoms with E-state index in [1.54, 1.807) is 7.11 Å². The Kier molecular flexibility index (Phi) is 4.96. The van der Waals surface area contributed by atoms with E-state index in [2.05, 4.69) is 11.1 Å². The van der Waals surface area contributed by atoms with Crippen LogP contribution in [0.1, 0.15) is 55.2 Å². The van der Waals surface area contributed by atoms with E-state index in [9.17, 15) is 4.79 Å². The Balaban J connectivity index is 1.38. The summed E-state index contributed by atoms with van der Waals surface area (Å²) in [5.41, 5.74) is 1.14. The first kappa shape index (κ1) is 17.1.